The van der Waals surface area contributed by atoms with Crippen molar-refractivity contribution in [1.29, 1.82) is 0 Å². The van der Waals surface area contributed by atoms with Crippen LogP contribution in [0.15, 0.2) is 0 Å². The van der Waals surface area contributed by atoms with Crippen molar-refractivity contribution in [3.8, 4) is 0 Å². The van der Waals surface area contributed by atoms with Crippen LogP contribution in [0.1, 0.15) is 39.5 Å². The minimum atomic E-state index is 0.206. The topological polar surface area (TPSA) is 41.3 Å². The largest absolute Gasteiger partial charge is 0.329 e. The summed E-state index contributed by atoms with van der Waals surface area (Å²) < 4.78 is 0. The van der Waals surface area contributed by atoms with Gasteiger partial charge in [-0.05, 0) is 39.2 Å². The molecule has 1 saturated heterocycles. The van der Waals surface area contributed by atoms with Gasteiger partial charge in [-0.3, -0.25) is 4.90 Å². The van der Waals surface area contributed by atoms with E-state index in [1.807, 2.05) is 0 Å². The fourth-order valence-electron chi connectivity index (χ4n) is 2.89. The molecule has 0 radical (unpaired) electrons. The third kappa shape index (κ3) is 2.35. The van der Waals surface area contributed by atoms with Gasteiger partial charge in [0.1, 0.15) is 0 Å². The molecule has 3 heteroatoms. The van der Waals surface area contributed by atoms with Crippen LogP contribution in [0.5, 0.6) is 0 Å². The number of hydrogen-bond donors (Lipinski definition) is 2. The summed E-state index contributed by atoms with van der Waals surface area (Å²) in [4.78, 5) is 2.66. The van der Waals surface area contributed by atoms with Gasteiger partial charge in [0.15, 0.2) is 0 Å². The van der Waals surface area contributed by atoms with E-state index in [1.54, 1.807) is 0 Å². The molecule has 2 rings (SSSR count). The Morgan fingerprint density at radius 3 is 2.73 bits per heavy atom. The van der Waals surface area contributed by atoms with Gasteiger partial charge in [0.25, 0.3) is 0 Å². The van der Waals surface area contributed by atoms with E-state index in [1.165, 1.54) is 25.7 Å². The third-order valence-corrected chi connectivity index (χ3v) is 3.89. The fraction of sp³-hybridized carbons (Fsp3) is 1.00. The minimum absolute atomic E-state index is 0.206. The maximum absolute atomic E-state index is 5.97. The molecule has 2 fully saturated rings. The van der Waals surface area contributed by atoms with Gasteiger partial charge < -0.3 is 11.1 Å². The van der Waals surface area contributed by atoms with Crippen LogP contribution in [0.4, 0.5) is 0 Å². The molecular weight excluding hydrogens is 186 g/mol. The van der Waals surface area contributed by atoms with Gasteiger partial charge in [-0.25, -0.2) is 0 Å². The minimum Gasteiger partial charge on any atom is -0.329 e. The van der Waals surface area contributed by atoms with Gasteiger partial charge >= 0.3 is 0 Å². The molecule has 2 unspecified atom stereocenters. The average Bonchev–Trinajstić information content (AvgIpc) is 3.02. The van der Waals surface area contributed by atoms with Gasteiger partial charge in [0.2, 0.25) is 0 Å². The Kier molecular flexibility index (Phi) is 3.33. The normalized spacial score (nSPS) is 37.4. The van der Waals surface area contributed by atoms with Crippen LogP contribution in [0, 0.1) is 0 Å². The predicted octanol–water partition coefficient (Wildman–Crippen LogP) is 0.940. The molecule has 0 aromatic carbocycles. The highest BCUT2D eigenvalue weighted by Gasteiger charge is 2.45. The molecule has 0 bridgehead atoms. The van der Waals surface area contributed by atoms with Crippen molar-refractivity contribution >= 4 is 0 Å². The molecule has 1 aliphatic carbocycles. The quantitative estimate of drug-likeness (QED) is 0.711. The standard InChI is InChI=1S/C12H25N3/c1-3-6-14-12(8-13)7-10(2)15(9-12)11-4-5-11/h10-11,14H,3-9,13H2,1-2H3. The Balaban J connectivity index is 1.95. The average molecular weight is 211 g/mol. The monoisotopic (exact) mass is 211 g/mol. The Labute approximate surface area is 93.4 Å². The lowest BCUT2D eigenvalue weighted by atomic mass is 9.96. The molecule has 3 N–H and O–H groups in total. The second-order valence-electron chi connectivity index (χ2n) is 5.37. The summed E-state index contributed by atoms with van der Waals surface area (Å²) in [5.41, 5.74) is 6.17. The maximum atomic E-state index is 5.97. The van der Waals surface area contributed by atoms with Gasteiger partial charge in [-0.15, -0.1) is 0 Å². The van der Waals surface area contributed by atoms with Crippen LogP contribution in [-0.2, 0) is 0 Å². The molecule has 1 heterocycles. The van der Waals surface area contributed by atoms with Crippen LogP contribution < -0.4 is 11.1 Å². The van der Waals surface area contributed by atoms with Crippen molar-refractivity contribution in [2.24, 2.45) is 5.73 Å². The molecule has 88 valence electrons. The van der Waals surface area contributed by atoms with E-state index >= 15 is 0 Å². The zero-order chi connectivity index (χ0) is 10.9. The van der Waals surface area contributed by atoms with Gasteiger partial charge in [-0.1, -0.05) is 6.92 Å². The van der Waals surface area contributed by atoms with E-state index in [2.05, 4.69) is 24.1 Å². The first kappa shape index (κ1) is 11.4. The van der Waals surface area contributed by atoms with Crippen molar-refractivity contribution in [3.63, 3.8) is 0 Å². The Morgan fingerprint density at radius 1 is 1.47 bits per heavy atom. The molecule has 0 amide bonds. The Hall–Kier alpha value is -0.120. The maximum Gasteiger partial charge on any atom is 0.0447 e. The highest BCUT2D eigenvalue weighted by Crippen LogP contribution is 2.36. The lowest BCUT2D eigenvalue weighted by Gasteiger charge is -2.29. The van der Waals surface area contributed by atoms with E-state index < -0.39 is 0 Å². The van der Waals surface area contributed by atoms with Gasteiger partial charge in [0, 0.05) is 30.7 Å². The van der Waals surface area contributed by atoms with Crippen molar-refractivity contribution in [3.05, 3.63) is 0 Å². The fourth-order valence-corrected chi connectivity index (χ4v) is 2.89. The lowest BCUT2D eigenvalue weighted by molar-refractivity contribution is 0.241. The summed E-state index contributed by atoms with van der Waals surface area (Å²) in [5, 5.41) is 3.67. The zero-order valence-corrected chi connectivity index (χ0v) is 10.1. The van der Waals surface area contributed by atoms with Crippen LogP contribution in [-0.4, -0.2) is 42.2 Å². The first-order chi connectivity index (χ1) is 7.21. The van der Waals surface area contributed by atoms with Crippen molar-refractivity contribution in [2.75, 3.05) is 19.6 Å². The predicted molar refractivity (Wildman–Crippen MR) is 63.9 cm³/mol. The number of likely N-dealkylation sites (tertiary alicyclic amines) is 1. The first-order valence-electron chi connectivity index (χ1n) is 6.41. The van der Waals surface area contributed by atoms with Crippen LogP contribution >= 0.6 is 0 Å². The van der Waals surface area contributed by atoms with E-state index in [9.17, 15) is 0 Å². The molecule has 2 atom stereocenters. The highest BCUT2D eigenvalue weighted by atomic mass is 15.3. The molecular formula is C12H25N3. The summed E-state index contributed by atoms with van der Waals surface area (Å²) in [7, 11) is 0. The molecule has 0 spiro atoms. The second kappa shape index (κ2) is 4.40. The number of hydrogen-bond acceptors (Lipinski definition) is 3. The summed E-state index contributed by atoms with van der Waals surface area (Å²) >= 11 is 0. The summed E-state index contributed by atoms with van der Waals surface area (Å²) in [5.74, 6) is 0. The SMILES string of the molecule is CCCNC1(CN)CC(C)N(C2CC2)C1. The van der Waals surface area contributed by atoms with Crippen molar-refractivity contribution in [1.82, 2.24) is 10.2 Å². The molecule has 3 nitrogen and oxygen atoms in total. The molecule has 1 aliphatic heterocycles. The second-order valence-corrected chi connectivity index (χ2v) is 5.37. The van der Waals surface area contributed by atoms with Crippen LogP contribution in [0.2, 0.25) is 0 Å². The molecule has 1 saturated carbocycles. The third-order valence-electron chi connectivity index (χ3n) is 3.89. The van der Waals surface area contributed by atoms with E-state index in [0.29, 0.717) is 6.04 Å². The van der Waals surface area contributed by atoms with E-state index in [0.717, 1.165) is 25.7 Å². The Morgan fingerprint density at radius 2 is 2.20 bits per heavy atom. The van der Waals surface area contributed by atoms with Crippen molar-refractivity contribution in [2.45, 2.75) is 57.2 Å². The Bertz CT molecular complexity index is 215. The summed E-state index contributed by atoms with van der Waals surface area (Å²) in [6, 6.07) is 1.59. The van der Waals surface area contributed by atoms with Crippen LogP contribution in [0.3, 0.4) is 0 Å². The highest BCUT2D eigenvalue weighted by molar-refractivity contribution is 5.05. The van der Waals surface area contributed by atoms with Crippen molar-refractivity contribution < 1.29 is 0 Å². The number of nitrogens with two attached hydrogens (primary N) is 1. The summed E-state index contributed by atoms with van der Waals surface area (Å²) in [6.45, 7) is 7.61. The zero-order valence-electron chi connectivity index (χ0n) is 10.1. The molecule has 0 aromatic rings. The molecule has 0 aromatic heterocycles. The first-order valence-corrected chi connectivity index (χ1v) is 6.41. The van der Waals surface area contributed by atoms with Gasteiger partial charge in [0.05, 0.1) is 0 Å². The molecule has 15 heavy (non-hydrogen) atoms. The van der Waals surface area contributed by atoms with E-state index in [4.69, 9.17) is 5.73 Å². The lowest BCUT2D eigenvalue weighted by Crippen LogP contribution is -2.53. The van der Waals surface area contributed by atoms with Crippen LogP contribution in [0.25, 0.3) is 0 Å². The number of rotatable bonds is 5. The molecule has 2 aliphatic rings. The smallest absolute Gasteiger partial charge is 0.0447 e. The number of nitrogens with one attached hydrogen (secondary N) is 1. The summed E-state index contributed by atoms with van der Waals surface area (Å²) in [6.07, 6.45) is 5.22. The van der Waals surface area contributed by atoms with Gasteiger partial charge in [-0.2, -0.15) is 0 Å². The van der Waals surface area contributed by atoms with E-state index in [-0.39, 0.29) is 5.54 Å². The number of nitrogens with zero attached hydrogens (tertiary/aromatic N) is 1.